The van der Waals surface area contributed by atoms with E-state index in [4.69, 9.17) is 14.2 Å². The van der Waals surface area contributed by atoms with E-state index in [9.17, 15) is 19.5 Å². The summed E-state index contributed by atoms with van der Waals surface area (Å²) in [5.41, 5.74) is -0.406. The molecule has 0 heterocycles. The van der Waals surface area contributed by atoms with Crippen molar-refractivity contribution in [2.24, 2.45) is 0 Å². The van der Waals surface area contributed by atoms with Crippen LogP contribution in [0.5, 0.6) is 0 Å². The first-order valence-electron chi connectivity index (χ1n) is 9.53. The van der Waals surface area contributed by atoms with Gasteiger partial charge in [0.15, 0.2) is 6.29 Å². The highest BCUT2D eigenvalue weighted by Gasteiger charge is 2.18. The molecule has 0 fully saturated rings. The van der Waals surface area contributed by atoms with Crippen molar-refractivity contribution < 1.29 is 38.4 Å². The van der Waals surface area contributed by atoms with Gasteiger partial charge in [-0.2, -0.15) is 0 Å². The topological polar surface area (TPSA) is 108 Å². The van der Waals surface area contributed by atoms with E-state index in [2.05, 4.69) is 17.9 Å². The molecule has 1 N–H and O–H groups in total. The summed E-state index contributed by atoms with van der Waals surface area (Å²) >= 11 is 0. The Balaban J connectivity index is 3.61. The summed E-state index contributed by atoms with van der Waals surface area (Å²) in [5, 5.41) is 9.66. The number of carbonyl (C=O) groups excluding carboxylic acids is 3. The number of aliphatic hydroxyl groups is 1. The summed E-state index contributed by atoms with van der Waals surface area (Å²) in [4.78, 5) is 34.2. The Morgan fingerprint density at radius 2 is 1.21 bits per heavy atom. The Morgan fingerprint density at radius 3 is 1.79 bits per heavy atom. The fourth-order valence-electron chi connectivity index (χ4n) is 2.08. The van der Waals surface area contributed by atoms with Crippen LogP contribution in [-0.4, -0.2) is 55.7 Å². The Morgan fingerprint density at radius 1 is 0.750 bits per heavy atom. The van der Waals surface area contributed by atoms with Crippen molar-refractivity contribution >= 4 is 17.9 Å². The molecule has 0 radical (unpaired) electrons. The number of unbranched alkanes of at least 4 members (excludes halogenated alkanes) is 5. The lowest BCUT2D eigenvalue weighted by atomic mass is 10.1. The van der Waals surface area contributed by atoms with Crippen LogP contribution >= 0.6 is 0 Å². The van der Waals surface area contributed by atoms with E-state index in [1.54, 1.807) is 13.8 Å². The van der Waals surface area contributed by atoms with Crippen molar-refractivity contribution in [1.29, 1.82) is 0 Å². The molecule has 0 aromatic heterocycles. The summed E-state index contributed by atoms with van der Waals surface area (Å²) in [7, 11) is 0. The standard InChI is InChI=1S/C20H32O8/c1-5-25-17(21)15(3)19(23)27-13-11-9-7-8-10-12-14-28-20(24)16(4)18(22)26-6-2/h19,23H,3-14H2,1-2H3. The first kappa shape index (κ1) is 25.8. The smallest absolute Gasteiger partial charge is 0.344 e. The highest BCUT2D eigenvalue weighted by atomic mass is 16.6. The molecule has 0 aromatic carbocycles. The van der Waals surface area contributed by atoms with Crippen LogP contribution < -0.4 is 0 Å². The molecule has 0 aliphatic heterocycles. The van der Waals surface area contributed by atoms with Gasteiger partial charge in [-0.25, -0.2) is 14.4 Å². The summed E-state index contributed by atoms with van der Waals surface area (Å²) in [6.45, 7) is 11.1. The zero-order valence-electron chi connectivity index (χ0n) is 16.9. The molecule has 0 aromatic rings. The average molecular weight is 400 g/mol. The van der Waals surface area contributed by atoms with Gasteiger partial charge in [0, 0.05) is 0 Å². The Kier molecular flexibility index (Phi) is 14.6. The highest BCUT2D eigenvalue weighted by molar-refractivity contribution is 6.13. The summed E-state index contributed by atoms with van der Waals surface area (Å²) in [6.07, 6.45) is 3.77. The number of hydrogen-bond donors (Lipinski definition) is 1. The molecule has 0 rings (SSSR count). The van der Waals surface area contributed by atoms with Crippen molar-refractivity contribution in [3.8, 4) is 0 Å². The van der Waals surface area contributed by atoms with E-state index < -0.39 is 24.2 Å². The van der Waals surface area contributed by atoms with Crippen molar-refractivity contribution in [1.82, 2.24) is 0 Å². The van der Waals surface area contributed by atoms with E-state index in [0.29, 0.717) is 13.0 Å². The van der Waals surface area contributed by atoms with Gasteiger partial charge in [0.1, 0.15) is 5.57 Å². The third kappa shape index (κ3) is 11.5. The predicted octanol–water partition coefficient (Wildman–Crippen LogP) is 2.44. The number of rotatable bonds is 16. The van der Waals surface area contributed by atoms with E-state index in [-0.39, 0.29) is 31.0 Å². The van der Waals surface area contributed by atoms with Gasteiger partial charge in [-0.05, 0) is 26.7 Å². The molecule has 1 atom stereocenters. The monoisotopic (exact) mass is 400 g/mol. The van der Waals surface area contributed by atoms with Gasteiger partial charge in [0.2, 0.25) is 0 Å². The van der Waals surface area contributed by atoms with Gasteiger partial charge in [0.25, 0.3) is 0 Å². The maximum Gasteiger partial charge on any atom is 0.344 e. The molecule has 1 unspecified atom stereocenters. The summed E-state index contributed by atoms with van der Waals surface area (Å²) < 4.78 is 19.5. The maximum absolute atomic E-state index is 11.6. The molecule has 8 heteroatoms. The quantitative estimate of drug-likeness (QED) is 0.0800. The van der Waals surface area contributed by atoms with Gasteiger partial charge < -0.3 is 24.1 Å². The number of hydrogen-bond acceptors (Lipinski definition) is 8. The molecule has 0 aliphatic rings. The first-order chi connectivity index (χ1) is 13.3. The second-order valence-corrected chi connectivity index (χ2v) is 5.93. The Bertz CT molecular complexity index is 526. The van der Waals surface area contributed by atoms with Crippen LogP contribution in [0.2, 0.25) is 0 Å². The number of aliphatic hydroxyl groups excluding tert-OH is 1. The van der Waals surface area contributed by atoms with Gasteiger partial charge in [-0.3, -0.25) is 0 Å². The lowest BCUT2D eigenvalue weighted by molar-refractivity contribution is -0.147. The third-order valence-corrected chi connectivity index (χ3v) is 3.65. The van der Waals surface area contributed by atoms with Crippen molar-refractivity contribution in [3.63, 3.8) is 0 Å². The highest BCUT2D eigenvalue weighted by Crippen LogP contribution is 2.09. The number of ether oxygens (including phenoxy) is 4. The molecule has 0 amide bonds. The molecule has 0 saturated carbocycles. The van der Waals surface area contributed by atoms with E-state index >= 15 is 0 Å². The van der Waals surface area contributed by atoms with Crippen LogP contribution in [0.25, 0.3) is 0 Å². The second-order valence-electron chi connectivity index (χ2n) is 5.93. The summed E-state index contributed by atoms with van der Waals surface area (Å²) in [6, 6.07) is 0. The molecule has 0 saturated heterocycles. The third-order valence-electron chi connectivity index (χ3n) is 3.65. The van der Waals surface area contributed by atoms with Gasteiger partial charge in [-0.1, -0.05) is 38.8 Å². The molecule has 160 valence electrons. The second kappa shape index (κ2) is 15.8. The van der Waals surface area contributed by atoms with E-state index in [1.807, 2.05) is 0 Å². The molecular formula is C20H32O8. The van der Waals surface area contributed by atoms with Crippen molar-refractivity contribution in [2.75, 3.05) is 26.4 Å². The van der Waals surface area contributed by atoms with E-state index in [0.717, 1.165) is 32.1 Å². The average Bonchev–Trinajstić information content (AvgIpc) is 2.68. The molecule has 0 bridgehead atoms. The van der Waals surface area contributed by atoms with Gasteiger partial charge in [0.05, 0.1) is 32.0 Å². The predicted molar refractivity (Wildman–Crippen MR) is 102 cm³/mol. The minimum atomic E-state index is -1.35. The summed E-state index contributed by atoms with van der Waals surface area (Å²) in [5.74, 6) is -2.18. The van der Waals surface area contributed by atoms with Crippen molar-refractivity contribution in [3.05, 3.63) is 24.3 Å². The van der Waals surface area contributed by atoms with Crippen molar-refractivity contribution in [2.45, 2.75) is 58.7 Å². The lowest BCUT2D eigenvalue weighted by Gasteiger charge is -2.13. The normalized spacial score (nSPS) is 11.4. The maximum atomic E-state index is 11.6. The Hall–Kier alpha value is -2.19. The number of carbonyl (C=O) groups is 3. The molecule has 8 nitrogen and oxygen atoms in total. The molecular weight excluding hydrogens is 368 g/mol. The van der Waals surface area contributed by atoms with Gasteiger partial charge in [-0.15, -0.1) is 0 Å². The zero-order chi connectivity index (χ0) is 21.4. The molecule has 0 aliphatic carbocycles. The molecule has 0 spiro atoms. The van der Waals surface area contributed by atoms with Crippen LogP contribution in [0.1, 0.15) is 52.4 Å². The zero-order valence-corrected chi connectivity index (χ0v) is 16.9. The minimum Gasteiger partial charge on any atom is -0.463 e. The van der Waals surface area contributed by atoms with Gasteiger partial charge >= 0.3 is 17.9 Å². The van der Waals surface area contributed by atoms with E-state index in [1.165, 1.54) is 0 Å². The largest absolute Gasteiger partial charge is 0.463 e. The number of esters is 3. The lowest BCUT2D eigenvalue weighted by Crippen LogP contribution is -2.22. The first-order valence-corrected chi connectivity index (χ1v) is 9.53. The van der Waals surface area contributed by atoms with Crippen LogP contribution in [0.4, 0.5) is 0 Å². The fourth-order valence-corrected chi connectivity index (χ4v) is 2.08. The van der Waals surface area contributed by atoms with Crippen LogP contribution in [0.15, 0.2) is 24.3 Å². The van der Waals surface area contributed by atoms with Crippen LogP contribution in [0.3, 0.4) is 0 Å². The molecule has 28 heavy (non-hydrogen) atoms. The minimum absolute atomic E-state index is 0.109. The fraction of sp³-hybridized carbons (Fsp3) is 0.650. The van der Waals surface area contributed by atoms with Crippen LogP contribution in [0, 0.1) is 0 Å². The Labute approximate surface area is 166 Å². The van der Waals surface area contributed by atoms with Crippen LogP contribution in [-0.2, 0) is 33.3 Å². The SMILES string of the molecule is C=C(C(=O)OCC)C(=O)OCCCCCCCCOC(O)C(=C)C(=O)OCC.